The van der Waals surface area contributed by atoms with Crippen LogP contribution < -0.4 is 0 Å². The highest BCUT2D eigenvalue weighted by molar-refractivity contribution is 5.76. The Hall–Kier alpha value is -0.530. The fourth-order valence-electron chi connectivity index (χ4n) is 5.96. The van der Waals surface area contributed by atoms with E-state index in [-0.39, 0.29) is 0 Å². The van der Waals surface area contributed by atoms with Crippen LogP contribution in [0, 0.1) is 11.8 Å². The van der Waals surface area contributed by atoms with Gasteiger partial charge in [-0.1, -0.05) is 135 Å². The molecule has 2 unspecified atom stereocenters. The Morgan fingerprint density at radius 1 is 0.576 bits per heavy atom. The first kappa shape index (κ1) is 28.7. The molecule has 2 fully saturated rings. The zero-order chi connectivity index (χ0) is 23.4. The van der Waals surface area contributed by atoms with Crippen LogP contribution >= 0.6 is 0 Å². The first-order chi connectivity index (χ1) is 16.3. The van der Waals surface area contributed by atoms with Crippen molar-refractivity contribution in [3.8, 4) is 0 Å². The van der Waals surface area contributed by atoms with E-state index in [2.05, 4.69) is 11.8 Å². The van der Waals surface area contributed by atoms with E-state index in [9.17, 15) is 4.79 Å². The SMILES string of the molecule is CCCCCCC1CC1CCCCCCCCCCCCCCCCCC(=O)N1CCCC1. The molecule has 0 spiro atoms. The third-order valence-electron chi connectivity index (χ3n) is 8.42. The second-order valence-corrected chi connectivity index (χ2v) is 11.5. The standard InChI is InChI=1S/C31H59NO/c1-2-3-4-18-23-29-28-30(29)24-19-16-14-12-10-8-6-5-7-9-11-13-15-17-20-25-31(33)32-26-21-22-27-32/h29-30H,2-28H2,1H3. The van der Waals surface area contributed by atoms with Crippen molar-refractivity contribution in [3.63, 3.8) is 0 Å². The van der Waals surface area contributed by atoms with Gasteiger partial charge < -0.3 is 4.90 Å². The molecule has 1 heterocycles. The van der Waals surface area contributed by atoms with E-state index in [0.717, 1.165) is 37.8 Å². The molecule has 0 aromatic rings. The van der Waals surface area contributed by atoms with Gasteiger partial charge in [0.15, 0.2) is 0 Å². The lowest BCUT2D eigenvalue weighted by Gasteiger charge is -2.14. The molecule has 0 radical (unpaired) electrons. The second-order valence-electron chi connectivity index (χ2n) is 11.5. The van der Waals surface area contributed by atoms with E-state index < -0.39 is 0 Å². The number of carbonyl (C=O) groups excluding carboxylic acids is 1. The minimum atomic E-state index is 0.410. The minimum Gasteiger partial charge on any atom is -0.343 e. The number of carbonyl (C=O) groups is 1. The highest BCUT2D eigenvalue weighted by Gasteiger charge is 2.34. The number of amides is 1. The fourth-order valence-corrected chi connectivity index (χ4v) is 5.96. The van der Waals surface area contributed by atoms with Crippen molar-refractivity contribution in [3.05, 3.63) is 0 Å². The molecule has 2 heteroatoms. The molecule has 194 valence electrons. The van der Waals surface area contributed by atoms with E-state index in [1.807, 2.05) is 0 Å². The molecule has 2 nitrogen and oxygen atoms in total. The van der Waals surface area contributed by atoms with Gasteiger partial charge in [-0.3, -0.25) is 4.79 Å². The highest BCUT2D eigenvalue weighted by atomic mass is 16.2. The zero-order valence-corrected chi connectivity index (χ0v) is 22.6. The van der Waals surface area contributed by atoms with Crippen molar-refractivity contribution in [1.29, 1.82) is 0 Å². The van der Waals surface area contributed by atoms with Gasteiger partial charge in [0.25, 0.3) is 0 Å². The number of likely N-dealkylation sites (tertiary alicyclic amines) is 1. The summed E-state index contributed by atoms with van der Waals surface area (Å²) in [5.41, 5.74) is 0. The molecule has 0 aromatic heterocycles. The monoisotopic (exact) mass is 461 g/mol. The molecule has 2 aliphatic rings. The Morgan fingerprint density at radius 3 is 1.42 bits per heavy atom. The zero-order valence-electron chi connectivity index (χ0n) is 22.6. The van der Waals surface area contributed by atoms with Gasteiger partial charge in [-0.2, -0.15) is 0 Å². The van der Waals surface area contributed by atoms with Crippen molar-refractivity contribution in [2.45, 2.75) is 167 Å². The van der Waals surface area contributed by atoms with Crippen LogP contribution in [0.4, 0.5) is 0 Å². The predicted molar refractivity (Wildman–Crippen MR) is 145 cm³/mol. The Kier molecular flexibility index (Phi) is 17.2. The van der Waals surface area contributed by atoms with Crippen LogP contribution in [0.5, 0.6) is 0 Å². The van der Waals surface area contributed by atoms with Crippen molar-refractivity contribution >= 4 is 5.91 Å². The molecular weight excluding hydrogens is 402 g/mol. The molecule has 0 N–H and O–H groups in total. The van der Waals surface area contributed by atoms with Crippen LogP contribution in [-0.4, -0.2) is 23.9 Å². The topological polar surface area (TPSA) is 20.3 Å². The van der Waals surface area contributed by atoms with Gasteiger partial charge in [0.05, 0.1) is 0 Å². The van der Waals surface area contributed by atoms with Gasteiger partial charge in [0.1, 0.15) is 0 Å². The largest absolute Gasteiger partial charge is 0.343 e. The molecule has 1 aliphatic heterocycles. The first-order valence-electron chi connectivity index (χ1n) is 15.6. The third-order valence-corrected chi connectivity index (χ3v) is 8.42. The molecule has 0 aromatic carbocycles. The van der Waals surface area contributed by atoms with Crippen LogP contribution in [-0.2, 0) is 4.79 Å². The summed E-state index contributed by atoms with van der Waals surface area (Å²) in [5, 5.41) is 0. The number of nitrogens with zero attached hydrogens (tertiary/aromatic N) is 1. The Labute approximate surface area is 208 Å². The summed E-state index contributed by atoms with van der Waals surface area (Å²) >= 11 is 0. The molecular formula is C31H59NO. The Balaban J connectivity index is 1.19. The molecule has 33 heavy (non-hydrogen) atoms. The fraction of sp³-hybridized carbons (Fsp3) is 0.968. The molecule has 0 bridgehead atoms. The van der Waals surface area contributed by atoms with Crippen molar-refractivity contribution in [2.75, 3.05) is 13.1 Å². The molecule has 1 amide bonds. The van der Waals surface area contributed by atoms with E-state index in [1.165, 1.54) is 141 Å². The maximum Gasteiger partial charge on any atom is 0.222 e. The molecule has 2 rings (SSSR count). The molecule has 1 saturated carbocycles. The van der Waals surface area contributed by atoms with E-state index in [0.29, 0.717) is 5.91 Å². The van der Waals surface area contributed by atoms with Gasteiger partial charge >= 0.3 is 0 Å². The van der Waals surface area contributed by atoms with Crippen molar-refractivity contribution < 1.29 is 4.79 Å². The van der Waals surface area contributed by atoms with Gasteiger partial charge in [0.2, 0.25) is 5.91 Å². The van der Waals surface area contributed by atoms with Crippen LogP contribution in [0.1, 0.15) is 167 Å². The minimum absolute atomic E-state index is 0.410. The lowest BCUT2D eigenvalue weighted by atomic mass is 10.0. The average Bonchev–Trinajstić information content (AvgIpc) is 3.32. The van der Waals surface area contributed by atoms with Gasteiger partial charge in [-0.15, -0.1) is 0 Å². The average molecular weight is 462 g/mol. The third kappa shape index (κ3) is 15.2. The number of unbranched alkanes of at least 4 members (excludes halogenated alkanes) is 17. The van der Waals surface area contributed by atoms with Crippen LogP contribution in [0.2, 0.25) is 0 Å². The highest BCUT2D eigenvalue weighted by Crippen LogP contribution is 2.45. The lowest BCUT2D eigenvalue weighted by Crippen LogP contribution is -2.27. The molecule has 1 saturated heterocycles. The number of hydrogen-bond donors (Lipinski definition) is 0. The number of hydrogen-bond acceptors (Lipinski definition) is 1. The normalized spacial score (nSPS) is 20.0. The summed E-state index contributed by atoms with van der Waals surface area (Å²) in [5.74, 6) is 2.65. The quantitative estimate of drug-likeness (QED) is 0.139. The van der Waals surface area contributed by atoms with Crippen molar-refractivity contribution in [1.82, 2.24) is 4.90 Å². The van der Waals surface area contributed by atoms with Crippen LogP contribution in [0.25, 0.3) is 0 Å². The first-order valence-corrected chi connectivity index (χ1v) is 15.6. The molecule has 1 aliphatic carbocycles. The maximum atomic E-state index is 12.0. The van der Waals surface area contributed by atoms with Gasteiger partial charge in [-0.25, -0.2) is 0 Å². The van der Waals surface area contributed by atoms with Crippen molar-refractivity contribution in [2.24, 2.45) is 11.8 Å². The van der Waals surface area contributed by atoms with E-state index in [4.69, 9.17) is 0 Å². The predicted octanol–water partition coefficient (Wildman–Crippen LogP) is 9.85. The van der Waals surface area contributed by atoms with Gasteiger partial charge in [0, 0.05) is 19.5 Å². The summed E-state index contributed by atoms with van der Waals surface area (Å²) in [6.45, 7) is 4.34. The van der Waals surface area contributed by atoms with Crippen LogP contribution in [0.15, 0.2) is 0 Å². The van der Waals surface area contributed by atoms with Gasteiger partial charge in [-0.05, 0) is 37.5 Å². The summed E-state index contributed by atoms with van der Waals surface area (Å²) in [6, 6.07) is 0. The maximum absolute atomic E-state index is 12.0. The Morgan fingerprint density at radius 2 is 0.970 bits per heavy atom. The van der Waals surface area contributed by atoms with Crippen LogP contribution in [0.3, 0.4) is 0 Å². The number of rotatable bonds is 23. The Bertz CT molecular complexity index is 456. The summed E-state index contributed by atoms with van der Waals surface area (Å²) in [6.07, 6.45) is 34.8. The second kappa shape index (κ2) is 19.7. The lowest BCUT2D eigenvalue weighted by molar-refractivity contribution is -0.130. The van der Waals surface area contributed by atoms with E-state index >= 15 is 0 Å². The molecule has 2 atom stereocenters. The smallest absolute Gasteiger partial charge is 0.222 e. The summed E-state index contributed by atoms with van der Waals surface area (Å²) in [4.78, 5) is 14.1. The van der Waals surface area contributed by atoms with E-state index in [1.54, 1.807) is 6.42 Å². The summed E-state index contributed by atoms with van der Waals surface area (Å²) < 4.78 is 0. The summed E-state index contributed by atoms with van der Waals surface area (Å²) in [7, 11) is 0.